The number of benzene rings is 1. The van der Waals surface area contributed by atoms with E-state index in [1.165, 1.54) is 0 Å². The molecule has 0 saturated carbocycles. The molecule has 1 aromatic rings. The standard InChI is InChI=1S/C12H13Cl2NO2.ClH/c13-8-1-2-11-10(4-8)12(14)7(6-17-11)3-9(15)5-16;/h1-2,4,9,16H,3,5-6,15H2;1H. The molecule has 18 heavy (non-hydrogen) atoms. The zero-order chi connectivity index (χ0) is 12.4. The van der Waals surface area contributed by atoms with Crippen LogP contribution in [0.2, 0.25) is 5.02 Å². The largest absolute Gasteiger partial charge is 0.489 e. The normalized spacial score (nSPS) is 15.6. The number of rotatable bonds is 3. The third-order valence-electron chi connectivity index (χ3n) is 2.63. The summed E-state index contributed by atoms with van der Waals surface area (Å²) in [6, 6.07) is 5.00. The number of aliphatic hydroxyl groups excluding tert-OH is 1. The van der Waals surface area contributed by atoms with Crippen molar-refractivity contribution in [2.24, 2.45) is 5.73 Å². The lowest BCUT2D eigenvalue weighted by atomic mass is 10.0. The van der Waals surface area contributed by atoms with E-state index in [0.29, 0.717) is 23.1 Å². The van der Waals surface area contributed by atoms with E-state index in [4.69, 9.17) is 38.8 Å². The van der Waals surface area contributed by atoms with E-state index in [9.17, 15) is 0 Å². The minimum Gasteiger partial charge on any atom is -0.489 e. The molecule has 0 amide bonds. The molecule has 2 rings (SSSR count). The van der Waals surface area contributed by atoms with Gasteiger partial charge in [0.05, 0.1) is 11.6 Å². The van der Waals surface area contributed by atoms with Crippen LogP contribution in [0.25, 0.3) is 5.03 Å². The fourth-order valence-corrected chi connectivity index (χ4v) is 2.20. The Bertz CT molecular complexity index is 463. The topological polar surface area (TPSA) is 55.5 Å². The maximum Gasteiger partial charge on any atom is 0.128 e. The van der Waals surface area contributed by atoms with Crippen LogP contribution in [-0.2, 0) is 0 Å². The molecule has 0 radical (unpaired) electrons. The Balaban J connectivity index is 0.00000162. The van der Waals surface area contributed by atoms with E-state index in [1.807, 2.05) is 0 Å². The zero-order valence-corrected chi connectivity index (χ0v) is 11.9. The molecule has 3 nitrogen and oxygen atoms in total. The molecule has 3 N–H and O–H groups in total. The van der Waals surface area contributed by atoms with Crippen molar-refractivity contribution in [2.75, 3.05) is 13.2 Å². The van der Waals surface area contributed by atoms with Gasteiger partial charge < -0.3 is 15.6 Å². The molecule has 1 aromatic carbocycles. The Kier molecular flexibility index (Phi) is 5.76. The molecule has 0 spiro atoms. The van der Waals surface area contributed by atoms with Crippen molar-refractivity contribution in [1.29, 1.82) is 0 Å². The monoisotopic (exact) mass is 309 g/mol. The van der Waals surface area contributed by atoms with Gasteiger partial charge in [0, 0.05) is 16.6 Å². The Morgan fingerprint density at radius 3 is 2.78 bits per heavy atom. The number of ether oxygens (including phenoxy) is 1. The predicted octanol–water partition coefficient (Wildman–Crippen LogP) is 2.81. The van der Waals surface area contributed by atoms with Crippen LogP contribution in [0.3, 0.4) is 0 Å². The van der Waals surface area contributed by atoms with E-state index in [2.05, 4.69) is 0 Å². The van der Waals surface area contributed by atoms with Gasteiger partial charge >= 0.3 is 0 Å². The van der Waals surface area contributed by atoms with Crippen molar-refractivity contribution >= 4 is 40.6 Å². The van der Waals surface area contributed by atoms with Crippen LogP contribution in [0.15, 0.2) is 23.8 Å². The van der Waals surface area contributed by atoms with Gasteiger partial charge in [-0.1, -0.05) is 23.2 Å². The highest BCUT2D eigenvalue weighted by molar-refractivity contribution is 6.50. The summed E-state index contributed by atoms with van der Waals surface area (Å²) in [5.41, 5.74) is 7.37. The quantitative estimate of drug-likeness (QED) is 0.902. The first-order valence-corrected chi connectivity index (χ1v) is 6.04. The fourth-order valence-electron chi connectivity index (χ4n) is 1.75. The van der Waals surface area contributed by atoms with Crippen molar-refractivity contribution in [3.63, 3.8) is 0 Å². The second kappa shape index (κ2) is 6.64. The van der Waals surface area contributed by atoms with Crippen LogP contribution in [0.1, 0.15) is 12.0 Å². The van der Waals surface area contributed by atoms with Gasteiger partial charge in [-0.15, -0.1) is 12.4 Å². The van der Waals surface area contributed by atoms with Gasteiger partial charge in [0.1, 0.15) is 12.4 Å². The van der Waals surface area contributed by atoms with Crippen molar-refractivity contribution in [1.82, 2.24) is 0 Å². The molecular formula is C12H14Cl3NO2. The second-order valence-corrected chi connectivity index (χ2v) is 4.81. The summed E-state index contributed by atoms with van der Waals surface area (Å²) in [5.74, 6) is 0.723. The lowest BCUT2D eigenvalue weighted by Crippen LogP contribution is -2.27. The van der Waals surface area contributed by atoms with E-state index in [0.717, 1.165) is 16.9 Å². The second-order valence-electron chi connectivity index (χ2n) is 3.99. The van der Waals surface area contributed by atoms with Crippen LogP contribution in [-0.4, -0.2) is 24.4 Å². The molecule has 1 aliphatic rings. The third-order valence-corrected chi connectivity index (χ3v) is 3.34. The Hall–Kier alpha value is -0.450. The maximum absolute atomic E-state index is 8.94. The maximum atomic E-state index is 8.94. The summed E-state index contributed by atoms with van der Waals surface area (Å²) >= 11 is 12.2. The lowest BCUT2D eigenvalue weighted by molar-refractivity contribution is 0.260. The van der Waals surface area contributed by atoms with Gasteiger partial charge in [-0.2, -0.15) is 0 Å². The molecule has 1 heterocycles. The van der Waals surface area contributed by atoms with Gasteiger partial charge in [0.25, 0.3) is 0 Å². The van der Waals surface area contributed by atoms with Crippen LogP contribution in [0.5, 0.6) is 5.75 Å². The molecule has 6 heteroatoms. The molecule has 1 unspecified atom stereocenters. The first-order valence-electron chi connectivity index (χ1n) is 5.28. The van der Waals surface area contributed by atoms with Crippen LogP contribution < -0.4 is 10.5 Å². The molecule has 1 aliphatic heterocycles. The van der Waals surface area contributed by atoms with Crippen LogP contribution >= 0.6 is 35.6 Å². The van der Waals surface area contributed by atoms with E-state index in [1.54, 1.807) is 18.2 Å². The average molecular weight is 311 g/mol. The summed E-state index contributed by atoms with van der Waals surface area (Å²) in [5, 5.41) is 10.2. The minimum absolute atomic E-state index is 0. The number of fused-ring (bicyclic) bond motifs is 1. The van der Waals surface area contributed by atoms with Crippen molar-refractivity contribution in [3.8, 4) is 5.75 Å². The highest BCUT2D eigenvalue weighted by atomic mass is 35.5. The summed E-state index contributed by atoms with van der Waals surface area (Å²) in [6.45, 7) is 0.331. The highest BCUT2D eigenvalue weighted by Crippen LogP contribution is 2.38. The molecule has 1 atom stereocenters. The van der Waals surface area contributed by atoms with Crippen molar-refractivity contribution < 1.29 is 9.84 Å². The smallest absolute Gasteiger partial charge is 0.128 e. The van der Waals surface area contributed by atoms with Crippen molar-refractivity contribution in [2.45, 2.75) is 12.5 Å². The van der Waals surface area contributed by atoms with Gasteiger partial charge in [0.15, 0.2) is 0 Å². The predicted molar refractivity (Wildman–Crippen MR) is 76.6 cm³/mol. The molecule has 0 bridgehead atoms. The van der Waals surface area contributed by atoms with Gasteiger partial charge in [-0.25, -0.2) is 0 Å². The van der Waals surface area contributed by atoms with E-state index >= 15 is 0 Å². The number of hydrogen-bond donors (Lipinski definition) is 2. The summed E-state index contributed by atoms with van der Waals surface area (Å²) < 4.78 is 5.57. The first-order chi connectivity index (χ1) is 8.11. The number of hydrogen-bond acceptors (Lipinski definition) is 3. The average Bonchev–Trinajstić information content (AvgIpc) is 2.33. The molecule has 0 fully saturated rings. The van der Waals surface area contributed by atoms with Gasteiger partial charge in [-0.05, 0) is 30.2 Å². The molecule has 100 valence electrons. The van der Waals surface area contributed by atoms with E-state index < -0.39 is 0 Å². The molecular weight excluding hydrogens is 296 g/mol. The Labute approximate surface area is 122 Å². The lowest BCUT2D eigenvalue weighted by Gasteiger charge is -2.22. The first kappa shape index (κ1) is 15.6. The molecule has 0 saturated heterocycles. The van der Waals surface area contributed by atoms with Gasteiger partial charge in [0.2, 0.25) is 0 Å². The zero-order valence-electron chi connectivity index (χ0n) is 9.53. The molecule has 0 aliphatic carbocycles. The number of nitrogens with two attached hydrogens (primary N) is 1. The Morgan fingerprint density at radius 1 is 1.39 bits per heavy atom. The summed E-state index contributed by atoms with van der Waals surface area (Å²) in [6.07, 6.45) is 0.515. The van der Waals surface area contributed by atoms with E-state index in [-0.39, 0.29) is 25.1 Å². The third kappa shape index (κ3) is 3.31. The fraction of sp³-hybridized carbons (Fsp3) is 0.333. The summed E-state index contributed by atoms with van der Waals surface area (Å²) in [4.78, 5) is 0. The molecule has 0 aromatic heterocycles. The van der Waals surface area contributed by atoms with Gasteiger partial charge in [-0.3, -0.25) is 0 Å². The highest BCUT2D eigenvalue weighted by Gasteiger charge is 2.20. The number of aliphatic hydroxyl groups is 1. The SMILES string of the molecule is Cl.NC(CO)CC1=C(Cl)c2cc(Cl)ccc2OC1. The number of halogens is 3. The summed E-state index contributed by atoms with van der Waals surface area (Å²) in [7, 11) is 0. The Morgan fingerprint density at radius 2 is 2.11 bits per heavy atom. The minimum atomic E-state index is -0.317. The van der Waals surface area contributed by atoms with Crippen LogP contribution in [0, 0.1) is 0 Å². The van der Waals surface area contributed by atoms with Crippen LogP contribution in [0.4, 0.5) is 0 Å². The van der Waals surface area contributed by atoms with Crippen molar-refractivity contribution in [3.05, 3.63) is 34.4 Å².